The molecule has 0 aliphatic rings. The molecule has 0 saturated carbocycles. The van der Waals surface area contributed by atoms with Gasteiger partial charge in [-0.2, -0.15) is 10.2 Å². The normalized spacial score (nSPS) is 12.5. The van der Waals surface area contributed by atoms with Crippen molar-refractivity contribution in [1.82, 2.24) is 39.3 Å². The molecule has 0 spiro atoms. The first-order chi connectivity index (χ1) is 14.9. The molecule has 5 aromatic heterocycles. The lowest BCUT2D eigenvalue weighted by Crippen LogP contribution is -2.09. The third-order valence-electron chi connectivity index (χ3n) is 4.79. The van der Waals surface area contributed by atoms with Gasteiger partial charge >= 0.3 is 0 Å². The monoisotopic (exact) mass is 439 g/mol. The van der Waals surface area contributed by atoms with Crippen LogP contribution >= 0.6 is 11.6 Å². The molecule has 1 atom stereocenters. The maximum Gasteiger partial charge on any atom is 0.227 e. The van der Waals surface area contributed by atoms with Crippen LogP contribution in [0.2, 0.25) is 5.02 Å². The van der Waals surface area contributed by atoms with Crippen molar-refractivity contribution in [2.45, 2.75) is 13.0 Å². The molecule has 31 heavy (non-hydrogen) atoms. The number of hydrogen-bond acceptors (Lipinski definition) is 8. The number of nitrogen functional groups attached to an aromatic ring is 1. The van der Waals surface area contributed by atoms with Crippen LogP contribution in [0.15, 0.2) is 37.3 Å². The predicted octanol–water partition coefficient (Wildman–Crippen LogP) is 2.98. The number of hydrogen-bond donors (Lipinski definition) is 1. The average Bonchev–Trinajstić information content (AvgIpc) is 3.35. The van der Waals surface area contributed by atoms with Gasteiger partial charge in [0.25, 0.3) is 0 Å². The van der Waals surface area contributed by atoms with Crippen LogP contribution in [0.3, 0.4) is 0 Å². The maximum absolute atomic E-state index is 15.3. The summed E-state index contributed by atoms with van der Waals surface area (Å²) in [5.74, 6) is 0.272. The van der Waals surface area contributed by atoms with E-state index in [1.54, 1.807) is 37.2 Å². The molecule has 0 aliphatic carbocycles. The number of ether oxygens (including phenoxy) is 1. The molecule has 0 amide bonds. The second kappa shape index (κ2) is 7.13. The molecule has 5 heterocycles. The molecule has 0 aliphatic heterocycles. The number of anilines is 1. The Morgan fingerprint density at radius 1 is 1.16 bits per heavy atom. The first-order valence-corrected chi connectivity index (χ1v) is 9.55. The molecule has 0 radical (unpaired) electrons. The summed E-state index contributed by atoms with van der Waals surface area (Å²) in [6, 6.07) is 1.57. The van der Waals surface area contributed by atoms with E-state index in [-0.39, 0.29) is 27.8 Å². The van der Waals surface area contributed by atoms with Gasteiger partial charge in [0.1, 0.15) is 29.4 Å². The van der Waals surface area contributed by atoms with Gasteiger partial charge < -0.3 is 10.5 Å². The SMILES string of the molecule is C[C@@H](Oc1ncc(-c2ccn3ncc(Cl)c3c2F)c2ncnc(N)c12)c1ncn(C)n1. The number of halogens is 2. The highest BCUT2D eigenvalue weighted by Crippen LogP contribution is 2.37. The minimum absolute atomic E-state index is 0.152. The highest BCUT2D eigenvalue weighted by Gasteiger charge is 2.22. The second-order valence-corrected chi connectivity index (χ2v) is 7.23. The van der Waals surface area contributed by atoms with Crippen molar-refractivity contribution in [1.29, 1.82) is 0 Å². The van der Waals surface area contributed by atoms with E-state index in [2.05, 4.69) is 30.1 Å². The van der Waals surface area contributed by atoms with Gasteiger partial charge in [0.05, 0.1) is 16.7 Å². The Hall–Kier alpha value is -3.86. The van der Waals surface area contributed by atoms with E-state index in [1.165, 1.54) is 23.2 Å². The summed E-state index contributed by atoms with van der Waals surface area (Å²) in [4.78, 5) is 16.9. The molecule has 10 nitrogen and oxygen atoms in total. The van der Waals surface area contributed by atoms with E-state index < -0.39 is 11.9 Å². The number of nitrogens with two attached hydrogens (primary N) is 1. The third-order valence-corrected chi connectivity index (χ3v) is 5.07. The van der Waals surface area contributed by atoms with Crippen molar-refractivity contribution in [3.05, 3.63) is 54.0 Å². The molecule has 0 saturated heterocycles. The smallest absolute Gasteiger partial charge is 0.227 e. The zero-order chi connectivity index (χ0) is 21.7. The van der Waals surface area contributed by atoms with Crippen molar-refractivity contribution >= 4 is 33.8 Å². The molecule has 0 bridgehead atoms. The van der Waals surface area contributed by atoms with Crippen molar-refractivity contribution in [3.63, 3.8) is 0 Å². The Kier molecular flexibility index (Phi) is 4.40. The van der Waals surface area contributed by atoms with Crippen molar-refractivity contribution in [2.75, 3.05) is 5.73 Å². The van der Waals surface area contributed by atoms with Gasteiger partial charge in [-0.3, -0.25) is 4.68 Å². The quantitative estimate of drug-likeness (QED) is 0.453. The van der Waals surface area contributed by atoms with Gasteiger partial charge in [-0.1, -0.05) is 11.6 Å². The minimum atomic E-state index is -0.551. The average molecular weight is 440 g/mol. The lowest BCUT2D eigenvalue weighted by molar-refractivity contribution is 0.210. The van der Waals surface area contributed by atoms with Crippen LogP contribution in [-0.2, 0) is 7.05 Å². The molecular weight excluding hydrogens is 425 g/mol. The number of pyridine rings is 2. The van der Waals surface area contributed by atoms with Gasteiger partial charge in [-0.15, -0.1) is 0 Å². The van der Waals surface area contributed by atoms with E-state index in [1.807, 2.05) is 0 Å². The molecule has 2 N–H and O–H groups in total. The molecular formula is C19H15ClFN9O. The summed E-state index contributed by atoms with van der Waals surface area (Å²) in [6.45, 7) is 1.78. The predicted molar refractivity (Wildman–Crippen MR) is 111 cm³/mol. The molecule has 0 unspecified atom stereocenters. The van der Waals surface area contributed by atoms with Crippen molar-refractivity contribution in [3.8, 4) is 17.0 Å². The largest absolute Gasteiger partial charge is 0.466 e. The lowest BCUT2D eigenvalue weighted by Gasteiger charge is -2.15. The van der Waals surface area contributed by atoms with E-state index in [9.17, 15) is 0 Å². The van der Waals surface area contributed by atoms with E-state index in [4.69, 9.17) is 22.1 Å². The van der Waals surface area contributed by atoms with Crippen LogP contribution < -0.4 is 10.5 Å². The van der Waals surface area contributed by atoms with E-state index >= 15 is 4.39 Å². The Morgan fingerprint density at radius 3 is 2.77 bits per heavy atom. The highest BCUT2D eigenvalue weighted by atomic mass is 35.5. The fourth-order valence-corrected chi connectivity index (χ4v) is 3.54. The van der Waals surface area contributed by atoms with Gasteiger partial charge in [0.15, 0.2) is 17.7 Å². The Morgan fingerprint density at radius 2 is 2.00 bits per heavy atom. The van der Waals surface area contributed by atoms with Crippen LogP contribution in [0, 0.1) is 5.82 Å². The summed E-state index contributed by atoms with van der Waals surface area (Å²) < 4.78 is 24.2. The molecule has 0 fully saturated rings. The molecule has 12 heteroatoms. The number of rotatable bonds is 4. The zero-order valence-corrected chi connectivity index (χ0v) is 17.1. The van der Waals surface area contributed by atoms with Crippen LogP contribution in [0.5, 0.6) is 5.88 Å². The number of aromatic nitrogens is 8. The topological polar surface area (TPSA) is 122 Å². The van der Waals surface area contributed by atoms with Crippen LogP contribution in [0.1, 0.15) is 18.9 Å². The van der Waals surface area contributed by atoms with Gasteiger partial charge in [-0.05, 0) is 13.0 Å². The van der Waals surface area contributed by atoms with E-state index in [0.717, 1.165) is 0 Å². The summed E-state index contributed by atoms with van der Waals surface area (Å²) >= 11 is 6.11. The molecule has 5 aromatic rings. The fourth-order valence-electron chi connectivity index (χ4n) is 3.33. The first-order valence-electron chi connectivity index (χ1n) is 9.17. The van der Waals surface area contributed by atoms with Crippen LogP contribution in [-0.4, -0.2) is 39.3 Å². The third kappa shape index (κ3) is 3.10. The molecule has 156 valence electrons. The summed E-state index contributed by atoms with van der Waals surface area (Å²) in [5.41, 5.74) is 7.33. The second-order valence-electron chi connectivity index (χ2n) is 6.83. The Labute approximate surface area is 179 Å². The fraction of sp³-hybridized carbons (Fsp3) is 0.158. The maximum atomic E-state index is 15.3. The van der Waals surface area contributed by atoms with Crippen molar-refractivity contribution < 1.29 is 9.13 Å². The summed E-state index contributed by atoms with van der Waals surface area (Å²) in [7, 11) is 1.76. The summed E-state index contributed by atoms with van der Waals surface area (Å²) in [6.07, 6.45) is 6.82. The Bertz CT molecular complexity index is 1450. The van der Waals surface area contributed by atoms with Crippen LogP contribution in [0.25, 0.3) is 27.5 Å². The lowest BCUT2D eigenvalue weighted by atomic mass is 10.0. The molecule has 5 rings (SSSR count). The number of aryl methyl sites for hydroxylation is 1. The number of fused-ring (bicyclic) bond motifs is 2. The molecule has 0 aromatic carbocycles. The highest BCUT2D eigenvalue weighted by molar-refractivity contribution is 6.33. The minimum Gasteiger partial charge on any atom is -0.466 e. The zero-order valence-electron chi connectivity index (χ0n) is 16.4. The first kappa shape index (κ1) is 19.1. The van der Waals surface area contributed by atoms with Crippen LogP contribution in [0.4, 0.5) is 10.2 Å². The number of nitrogens with zero attached hydrogens (tertiary/aromatic N) is 8. The van der Waals surface area contributed by atoms with Gasteiger partial charge in [-0.25, -0.2) is 28.8 Å². The van der Waals surface area contributed by atoms with Gasteiger partial charge in [0, 0.05) is 30.6 Å². The standard InChI is InChI=1S/C19H15ClFN9O/c1-9(18-26-8-29(2)28-18)31-19-13-15(24-7-25-17(13)22)11(5-23-19)10-3-4-30-16(14(10)21)12(20)6-27-30/h3-9H,1-2H3,(H2,22,24,25)/t9-/m1/s1. The Balaban J connectivity index is 1.67. The summed E-state index contributed by atoms with van der Waals surface area (Å²) in [5, 5.41) is 8.81. The van der Waals surface area contributed by atoms with Crippen molar-refractivity contribution in [2.24, 2.45) is 7.05 Å². The van der Waals surface area contributed by atoms with Gasteiger partial charge in [0.2, 0.25) is 5.88 Å². The van der Waals surface area contributed by atoms with E-state index in [0.29, 0.717) is 22.3 Å².